The van der Waals surface area contributed by atoms with E-state index in [0.717, 1.165) is 12.1 Å². The number of hydrogen-bond donors (Lipinski definition) is 4. The first-order valence-corrected chi connectivity index (χ1v) is 4.18. The van der Waals surface area contributed by atoms with E-state index in [-0.39, 0.29) is 0 Å². The molecule has 1 saturated heterocycles. The van der Waals surface area contributed by atoms with Crippen LogP contribution in [0.1, 0.15) is 6.42 Å². The Morgan fingerprint density at radius 3 is 1.92 bits per heavy atom. The molecular formula is C5H10N4O2S. The van der Waals surface area contributed by atoms with Crippen LogP contribution in [0.4, 0.5) is 0 Å². The number of nitrogens with two attached hydrogens (primary N) is 2. The normalized spacial score (nSPS) is 29.7. The van der Waals surface area contributed by atoms with Crippen molar-refractivity contribution in [3.63, 3.8) is 0 Å². The van der Waals surface area contributed by atoms with Crippen LogP contribution >= 0.6 is 12.1 Å². The lowest BCUT2D eigenvalue weighted by atomic mass is 10.1. The first-order valence-electron chi connectivity index (χ1n) is 3.37. The summed E-state index contributed by atoms with van der Waals surface area (Å²) in [5.74, 6) is -0.953. The van der Waals surface area contributed by atoms with Crippen molar-refractivity contribution in [2.75, 3.05) is 0 Å². The number of carbonyl (C=O) groups excluding carboxylic acids is 2. The molecule has 0 spiro atoms. The molecule has 2 unspecified atom stereocenters. The summed E-state index contributed by atoms with van der Waals surface area (Å²) in [6.45, 7) is 0. The molecule has 2 amide bonds. The molecule has 1 aliphatic rings. The van der Waals surface area contributed by atoms with Crippen LogP contribution in [0.15, 0.2) is 0 Å². The predicted molar refractivity (Wildman–Crippen MR) is 44.4 cm³/mol. The fourth-order valence-electron chi connectivity index (χ4n) is 0.857. The zero-order valence-corrected chi connectivity index (χ0v) is 7.06. The molecule has 12 heavy (non-hydrogen) atoms. The molecule has 1 fully saturated rings. The molecule has 0 radical (unpaired) electrons. The predicted octanol–water partition coefficient (Wildman–Crippen LogP) is -2.16. The summed E-state index contributed by atoms with van der Waals surface area (Å²) in [5, 5.41) is 0. The van der Waals surface area contributed by atoms with Crippen molar-refractivity contribution < 1.29 is 9.59 Å². The van der Waals surface area contributed by atoms with Crippen molar-refractivity contribution in [2.45, 2.75) is 18.5 Å². The van der Waals surface area contributed by atoms with Gasteiger partial charge < -0.3 is 11.5 Å². The van der Waals surface area contributed by atoms with Gasteiger partial charge in [0.1, 0.15) is 0 Å². The highest BCUT2D eigenvalue weighted by atomic mass is 32.2. The zero-order valence-electron chi connectivity index (χ0n) is 6.24. The average Bonchev–Trinajstić information content (AvgIpc) is 2.04. The van der Waals surface area contributed by atoms with Crippen molar-refractivity contribution in [3.8, 4) is 0 Å². The zero-order chi connectivity index (χ0) is 9.14. The molecular weight excluding hydrogens is 180 g/mol. The first-order chi connectivity index (χ1) is 5.61. The molecule has 1 aliphatic heterocycles. The third-order valence-electron chi connectivity index (χ3n) is 1.56. The van der Waals surface area contributed by atoms with E-state index >= 15 is 0 Å². The highest BCUT2D eigenvalue weighted by Crippen LogP contribution is 2.09. The van der Waals surface area contributed by atoms with E-state index in [4.69, 9.17) is 11.5 Å². The molecule has 6 nitrogen and oxygen atoms in total. The van der Waals surface area contributed by atoms with Gasteiger partial charge >= 0.3 is 0 Å². The summed E-state index contributed by atoms with van der Waals surface area (Å²) in [6.07, 6.45) is 0.303. The van der Waals surface area contributed by atoms with E-state index in [1.807, 2.05) is 0 Å². The molecule has 2 atom stereocenters. The Kier molecular flexibility index (Phi) is 2.90. The fourth-order valence-corrected chi connectivity index (χ4v) is 1.63. The molecule has 68 valence electrons. The van der Waals surface area contributed by atoms with Gasteiger partial charge in [0.2, 0.25) is 11.8 Å². The second kappa shape index (κ2) is 3.74. The van der Waals surface area contributed by atoms with Crippen LogP contribution in [0, 0.1) is 0 Å². The van der Waals surface area contributed by atoms with Gasteiger partial charge in [-0.2, -0.15) is 0 Å². The van der Waals surface area contributed by atoms with Gasteiger partial charge in [-0.15, -0.1) is 0 Å². The van der Waals surface area contributed by atoms with Gasteiger partial charge in [0, 0.05) is 12.1 Å². The fraction of sp³-hybridized carbons (Fsp3) is 0.600. The summed E-state index contributed by atoms with van der Waals surface area (Å²) in [4.78, 5) is 21.4. The van der Waals surface area contributed by atoms with E-state index in [2.05, 4.69) is 9.44 Å². The molecule has 0 aromatic rings. The smallest absolute Gasteiger partial charge is 0.235 e. The molecule has 1 rings (SSSR count). The SMILES string of the molecule is NC(=O)C1CC(C(N)=O)NSN1. The average molecular weight is 190 g/mol. The van der Waals surface area contributed by atoms with Crippen LogP contribution in [0.5, 0.6) is 0 Å². The Hall–Kier alpha value is -0.790. The second-order valence-corrected chi connectivity index (χ2v) is 3.16. The standard InChI is InChI=1S/C5H10N4O2S/c6-4(10)2-1-3(5(7)11)9-12-8-2/h2-3,8-9H,1H2,(H2,6,10)(H2,7,11). The molecule has 0 bridgehead atoms. The highest BCUT2D eigenvalue weighted by Gasteiger charge is 2.28. The molecule has 0 aromatic heterocycles. The molecule has 6 N–H and O–H groups in total. The highest BCUT2D eigenvalue weighted by molar-refractivity contribution is 7.95. The summed E-state index contributed by atoms with van der Waals surface area (Å²) < 4.78 is 5.45. The van der Waals surface area contributed by atoms with Gasteiger partial charge in [-0.25, -0.2) is 9.44 Å². The largest absolute Gasteiger partial charge is 0.368 e. The first kappa shape index (κ1) is 9.30. The van der Waals surface area contributed by atoms with Crippen molar-refractivity contribution in [3.05, 3.63) is 0 Å². The minimum absolute atomic E-state index is 0.303. The second-order valence-electron chi connectivity index (χ2n) is 2.48. The number of hydrogen-bond acceptors (Lipinski definition) is 5. The Labute approximate surface area is 73.7 Å². The van der Waals surface area contributed by atoms with Crippen LogP contribution in [0.2, 0.25) is 0 Å². The number of amides is 2. The van der Waals surface area contributed by atoms with Crippen LogP contribution in [-0.4, -0.2) is 23.9 Å². The Bertz CT molecular complexity index is 190. The lowest BCUT2D eigenvalue weighted by molar-refractivity contribution is -0.121. The van der Waals surface area contributed by atoms with Crippen molar-refractivity contribution >= 4 is 23.9 Å². The van der Waals surface area contributed by atoms with Crippen molar-refractivity contribution in [2.24, 2.45) is 11.5 Å². The van der Waals surface area contributed by atoms with Crippen LogP contribution in [-0.2, 0) is 9.59 Å². The maximum atomic E-state index is 10.7. The number of rotatable bonds is 2. The summed E-state index contributed by atoms with van der Waals surface area (Å²) in [5.41, 5.74) is 10.1. The van der Waals surface area contributed by atoms with Gasteiger partial charge in [-0.05, 0) is 6.42 Å². The molecule has 0 aliphatic carbocycles. The van der Waals surface area contributed by atoms with Crippen LogP contribution < -0.4 is 20.9 Å². The Morgan fingerprint density at radius 2 is 1.58 bits per heavy atom. The number of primary amides is 2. The van der Waals surface area contributed by atoms with E-state index in [1.54, 1.807) is 0 Å². The van der Waals surface area contributed by atoms with E-state index in [1.165, 1.54) is 0 Å². The Morgan fingerprint density at radius 1 is 1.17 bits per heavy atom. The van der Waals surface area contributed by atoms with Crippen LogP contribution in [0.3, 0.4) is 0 Å². The van der Waals surface area contributed by atoms with Gasteiger partial charge in [-0.3, -0.25) is 9.59 Å². The van der Waals surface area contributed by atoms with Gasteiger partial charge in [-0.1, -0.05) is 0 Å². The molecule has 0 saturated carbocycles. The number of nitrogens with one attached hydrogen (secondary N) is 2. The monoisotopic (exact) mass is 190 g/mol. The third-order valence-corrected chi connectivity index (χ3v) is 2.37. The van der Waals surface area contributed by atoms with E-state index in [0.29, 0.717) is 6.42 Å². The van der Waals surface area contributed by atoms with Crippen LogP contribution in [0.25, 0.3) is 0 Å². The van der Waals surface area contributed by atoms with Gasteiger partial charge in [0.25, 0.3) is 0 Å². The minimum atomic E-state index is -0.492. The maximum absolute atomic E-state index is 10.7. The van der Waals surface area contributed by atoms with E-state index < -0.39 is 23.9 Å². The maximum Gasteiger partial charge on any atom is 0.235 e. The van der Waals surface area contributed by atoms with E-state index in [9.17, 15) is 9.59 Å². The summed E-state index contributed by atoms with van der Waals surface area (Å²) in [7, 11) is 0. The lowest BCUT2D eigenvalue weighted by Crippen LogP contribution is -2.52. The quantitative estimate of drug-likeness (QED) is 0.371. The molecule has 7 heteroatoms. The summed E-state index contributed by atoms with van der Waals surface area (Å²) >= 11 is 1.07. The van der Waals surface area contributed by atoms with Crippen molar-refractivity contribution in [1.29, 1.82) is 0 Å². The Balaban J connectivity index is 2.51. The van der Waals surface area contributed by atoms with Gasteiger partial charge in [0.05, 0.1) is 12.1 Å². The van der Waals surface area contributed by atoms with Gasteiger partial charge in [0.15, 0.2) is 0 Å². The topological polar surface area (TPSA) is 110 Å². The number of carbonyl (C=O) groups is 2. The van der Waals surface area contributed by atoms with Crippen molar-refractivity contribution in [1.82, 2.24) is 9.44 Å². The molecule has 1 heterocycles. The molecule has 0 aromatic carbocycles. The minimum Gasteiger partial charge on any atom is -0.368 e. The lowest BCUT2D eigenvalue weighted by Gasteiger charge is -2.25. The third kappa shape index (κ3) is 2.10. The summed E-state index contributed by atoms with van der Waals surface area (Å²) in [6, 6.07) is -0.984.